The van der Waals surface area contributed by atoms with Crippen LogP contribution in [0.1, 0.15) is 18.4 Å². The fourth-order valence-corrected chi connectivity index (χ4v) is 4.87. The Morgan fingerprint density at radius 2 is 1.48 bits per heavy atom. The van der Waals surface area contributed by atoms with E-state index in [1.54, 1.807) is 7.11 Å². The fraction of sp³-hybridized carbons (Fsp3) is 0.333. The van der Waals surface area contributed by atoms with Gasteiger partial charge in [-0.25, -0.2) is 18.7 Å². The summed E-state index contributed by atoms with van der Waals surface area (Å²) >= 11 is 0. The topological polar surface area (TPSA) is 84.4 Å². The highest BCUT2D eigenvalue weighted by molar-refractivity contribution is 5.69. The molecular formula is C30H34F2N6O4. The molecule has 42 heavy (non-hydrogen) atoms. The largest absolute Gasteiger partial charge is 0.494 e. The van der Waals surface area contributed by atoms with Crippen LogP contribution in [0.3, 0.4) is 0 Å². The van der Waals surface area contributed by atoms with E-state index in [0.717, 1.165) is 43.4 Å². The van der Waals surface area contributed by atoms with E-state index in [4.69, 9.17) is 18.9 Å². The van der Waals surface area contributed by atoms with Crippen molar-refractivity contribution in [2.75, 3.05) is 51.7 Å². The predicted octanol–water partition coefficient (Wildman–Crippen LogP) is 5.26. The van der Waals surface area contributed by atoms with Gasteiger partial charge in [-0.05, 0) is 45.1 Å². The fourth-order valence-electron chi connectivity index (χ4n) is 4.87. The molecular weight excluding hydrogens is 546 g/mol. The minimum Gasteiger partial charge on any atom is -0.494 e. The molecule has 0 amide bonds. The van der Waals surface area contributed by atoms with Crippen LogP contribution in [0.2, 0.25) is 0 Å². The highest BCUT2D eigenvalue weighted by atomic mass is 19.1. The molecule has 2 aliphatic heterocycles. The highest BCUT2D eigenvalue weighted by Gasteiger charge is 2.23. The van der Waals surface area contributed by atoms with Crippen LogP contribution < -0.4 is 29.2 Å². The van der Waals surface area contributed by atoms with Gasteiger partial charge >= 0.3 is 0 Å². The number of rotatable bonds is 10. The second kappa shape index (κ2) is 12.9. The van der Waals surface area contributed by atoms with Crippen LogP contribution in [0.5, 0.6) is 23.0 Å². The second-order valence-corrected chi connectivity index (χ2v) is 9.92. The lowest BCUT2D eigenvalue weighted by molar-refractivity contribution is 0.190. The second-order valence-electron chi connectivity index (χ2n) is 9.92. The molecule has 2 aliphatic rings. The van der Waals surface area contributed by atoms with Gasteiger partial charge in [-0.3, -0.25) is 0 Å². The zero-order valence-electron chi connectivity index (χ0n) is 24.0. The first-order valence-corrected chi connectivity index (χ1v) is 13.5. The monoisotopic (exact) mass is 580 g/mol. The first-order valence-electron chi connectivity index (χ1n) is 13.5. The number of halogens is 2. The predicted molar refractivity (Wildman–Crippen MR) is 155 cm³/mol. The van der Waals surface area contributed by atoms with Crippen molar-refractivity contribution in [1.29, 1.82) is 0 Å². The van der Waals surface area contributed by atoms with E-state index >= 15 is 0 Å². The molecule has 1 aromatic heterocycles. The average molecular weight is 581 g/mol. The molecule has 10 nitrogen and oxygen atoms in total. The third-order valence-electron chi connectivity index (χ3n) is 7.30. The third-order valence-corrected chi connectivity index (χ3v) is 7.30. The molecule has 1 N–H and O–H groups in total. The van der Waals surface area contributed by atoms with Gasteiger partial charge in [0, 0.05) is 48.7 Å². The molecule has 5 rings (SSSR count). The van der Waals surface area contributed by atoms with Crippen LogP contribution in [0.25, 0.3) is 0 Å². The Hall–Kier alpha value is -4.58. The highest BCUT2D eigenvalue weighted by Crippen LogP contribution is 2.35. The Kier molecular flexibility index (Phi) is 8.91. The lowest BCUT2D eigenvalue weighted by atomic mass is 10.0. The minimum absolute atomic E-state index is 0.147. The Labute approximate surface area is 243 Å². The van der Waals surface area contributed by atoms with Gasteiger partial charge < -0.3 is 39.0 Å². The molecule has 1 fully saturated rings. The number of anilines is 3. The SMILES string of the molecule is COc1cc(Nc2ncc(OCc3c(F)c(OC)cc(OC)c3F)cn2)ccc1N1C=CN(C2CCN(C)CC2)C=C1. The van der Waals surface area contributed by atoms with Crippen LogP contribution in [-0.2, 0) is 6.61 Å². The molecule has 0 atom stereocenters. The van der Waals surface area contributed by atoms with Crippen LogP contribution in [0.4, 0.5) is 26.1 Å². The van der Waals surface area contributed by atoms with Gasteiger partial charge in [0.2, 0.25) is 5.95 Å². The van der Waals surface area contributed by atoms with Crippen molar-refractivity contribution in [3.63, 3.8) is 0 Å². The van der Waals surface area contributed by atoms with Gasteiger partial charge in [-0.15, -0.1) is 0 Å². The van der Waals surface area contributed by atoms with Gasteiger partial charge in [0.05, 0.1) is 45.0 Å². The van der Waals surface area contributed by atoms with Crippen molar-refractivity contribution in [2.45, 2.75) is 25.5 Å². The maximum absolute atomic E-state index is 14.6. The number of likely N-dealkylation sites (tertiary alicyclic amines) is 1. The molecule has 2 aromatic carbocycles. The van der Waals surface area contributed by atoms with Crippen LogP contribution in [0.15, 0.2) is 61.5 Å². The van der Waals surface area contributed by atoms with Gasteiger partial charge in [0.1, 0.15) is 12.4 Å². The first-order chi connectivity index (χ1) is 20.4. The summed E-state index contributed by atoms with van der Waals surface area (Å²) in [6, 6.07) is 7.36. The summed E-state index contributed by atoms with van der Waals surface area (Å²) in [5.74, 6) is -0.817. The van der Waals surface area contributed by atoms with Crippen LogP contribution in [-0.4, -0.2) is 67.3 Å². The average Bonchev–Trinajstić information content (AvgIpc) is 3.02. The molecule has 1 saturated heterocycles. The smallest absolute Gasteiger partial charge is 0.227 e. The van der Waals surface area contributed by atoms with Gasteiger partial charge in [0.15, 0.2) is 28.9 Å². The maximum atomic E-state index is 14.6. The first kappa shape index (κ1) is 28.9. The number of nitrogens with one attached hydrogen (secondary N) is 1. The van der Waals surface area contributed by atoms with Crippen molar-refractivity contribution < 1.29 is 27.7 Å². The zero-order chi connectivity index (χ0) is 29.6. The summed E-state index contributed by atoms with van der Waals surface area (Å²) < 4.78 is 50.4. The maximum Gasteiger partial charge on any atom is 0.227 e. The lowest BCUT2D eigenvalue weighted by Crippen LogP contribution is -2.40. The summed E-state index contributed by atoms with van der Waals surface area (Å²) in [6.45, 7) is 1.80. The van der Waals surface area contributed by atoms with Gasteiger partial charge in [0.25, 0.3) is 0 Å². The summed E-state index contributed by atoms with van der Waals surface area (Å²) in [7, 11) is 6.36. The van der Waals surface area contributed by atoms with Crippen molar-refractivity contribution in [1.82, 2.24) is 19.8 Å². The number of nitrogens with zero attached hydrogens (tertiary/aromatic N) is 5. The number of piperidine rings is 1. The zero-order valence-corrected chi connectivity index (χ0v) is 24.0. The molecule has 0 spiro atoms. The number of aromatic nitrogens is 2. The number of benzene rings is 2. The van der Waals surface area contributed by atoms with Crippen molar-refractivity contribution in [2.24, 2.45) is 0 Å². The Morgan fingerprint density at radius 1 is 0.857 bits per heavy atom. The number of methoxy groups -OCH3 is 3. The van der Waals surface area contributed by atoms with E-state index < -0.39 is 18.2 Å². The number of hydrogen-bond donors (Lipinski definition) is 1. The van der Waals surface area contributed by atoms with Crippen molar-refractivity contribution >= 4 is 17.3 Å². The van der Waals surface area contributed by atoms with E-state index in [-0.39, 0.29) is 22.8 Å². The lowest BCUT2D eigenvalue weighted by Gasteiger charge is -2.37. The quantitative estimate of drug-likeness (QED) is 0.343. The molecule has 222 valence electrons. The Morgan fingerprint density at radius 3 is 2.07 bits per heavy atom. The van der Waals surface area contributed by atoms with Crippen molar-refractivity contribution in [3.8, 4) is 23.0 Å². The summed E-state index contributed by atoms with van der Waals surface area (Å²) in [6.07, 6.45) is 13.4. The van der Waals surface area contributed by atoms with Gasteiger partial charge in [-0.2, -0.15) is 0 Å². The van der Waals surface area contributed by atoms with E-state index in [2.05, 4.69) is 44.5 Å². The van der Waals surface area contributed by atoms with E-state index in [9.17, 15) is 8.78 Å². The molecule has 0 radical (unpaired) electrons. The normalized spacial score (nSPS) is 15.6. The Balaban J connectivity index is 1.21. The summed E-state index contributed by atoms with van der Waals surface area (Å²) in [5.41, 5.74) is 1.28. The van der Waals surface area contributed by atoms with E-state index in [1.807, 2.05) is 35.5 Å². The molecule has 0 aliphatic carbocycles. The molecule has 12 heteroatoms. The van der Waals surface area contributed by atoms with Crippen molar-refractivity contribution in [3.05, 3.63) is 78.7 Å². The molecule has 0 unspecified atom stereocenters. The van der Waals surface area contributed by atoms with Crippen LogP contribution in [0, 0.1) is 11.6 Å². The molecule has 0 bridgehead atoms. The van der Waals surface area contributed by atoms with E-state index in [1.165, 1.54) is 26.6 Å². The third kappa shape index (κ3) is 6.33. The van der Waals surface area contributed by atoms with Crippen LogP contribution >= 0.6 is 0 Å². The van der Waals surface area contributed by atoms with Gasteiger partial charge in [-0.1, -0.05) is 0 Å². The number of hydrogen-bond acceptors (Lipinski definition) is 10. The molecule has 3 heterocycles. The molecule has 3 aromatic rings. The Bertz CT molecular complexity index is 1400. The van der Waals surface area contributed by atoms with E-state index in [0.29, 0.717) is 17.7 Å². The number of ether oxygens (including phenoxy) is 4. The minimum atomic E-state index is -0.863. The molecule has 0 saturated carbocycles. The standard InChI is InChI=1S/C30H34F2N6O4/c1-36-9-7-21(8-10-36)37-11-13-38(14-12-37)24-6-5-20(15-25(24)39-2)35-30-33-17-22(18-34-30)42-19-23-28(31)26(40-3)16-27(41-4)29(23)32/h5-6,11-18,21H,7-10,19H2,1-4H3,(H,33,34,35). The summed E-state index contributed by atoms with van der Waals surface area (Å²) in [4.78, 5) is 15.2. The summed E-state index contributed by atoms with van der Waals surface area (Å²) in [5, 5.41) is 3.13.